The van der Waals surface area contributed by atoms with Crippen molar-refractivity contribution < 1.29 is 16.5 Å². The topological polar surface area (TPSA) is 117 Å². The normalized spacial score (nSPS) is 7.33. The Balaban J connectivity index is -0.0000000457. The van der Waals surface area contributed by atoms with Crippen LogP contribution in [0.15, 0.2) is 9.98 Å². The smallest absolute Gasteiger partial charge is 0.187 e. The van der Waals surface area contributed by atoms with Crippen LogP contribution in [0.5, 0.6) is 0 Å². The number of hydrogen-bond acceptors (Lipinski definition) is 0. The summed E-state index contributed by atoms with van der Waals surface area (Å²) in [6, 6.07) is 0. The Morgan fingerprint density at radius 2 is 1.17 bits per heavy atom. The zero-order valence-corrected chi connectivity index (χ0v) is 6.40. The molecule has 0 spiro atoms. The molecular weight excluding hydrogens is 218 g/mol. The van der Waals surface area contributed by atoms with Crippen LogP contribution in [0.3, 0.4) is 0 Å². The van der Waals surface area contributed by atoms with E-state index in [9.17, 15) is 0 Å². The summed E-state index contributed by atoms with van der Waals surface area (Å²) in [5.41, 5.74) is 12.2. The van der Waals surface area contributed by atoms with Gasteiger partial charge in [-0.3, -0.25) is 0 Å². The predicted octanol–water partition coefficient (Wildman–Crippen LogP) is 0.143. The Kier molecular flexibility index (Phi) is 59.4. The molecule has 2 N–H and O–H groups in total. The number of nitrogens with one attached hydrogen (secondary N) is 2. The molecule has 0 unspecified atom stereocenters. The van der Waals surface area contributed by atoms with Crippen LogP contribution in [-0.2, 0) is 16.5 Å². The van der Waals surface area contributed by atoms with Crippen molar-refractivity contribution >= 4 is 42.7 Å². The van der Waals surface area contributed by atoms with Crippen molar-refractivity contribution in [2.45, 2.75) is 0 Å². The molecule has 0 aliphatic heterocycles. The Morgan fingerprint density at radius 1 is 0.917 bits per heavy atom. The van der Waals surface area contributed by atoms with Crippen molar-refractivity contribution in [1.82, 2.24) is 0 Å². The summed E-state index contributed by atoms with van der Waals surface area (Å²) in [5.74, 6) is 0. The van der Waals surface area contributed by atoms with Gasteiger partial charge in [-0.25, -0.2) is 0 Å². The molecule has 0 radical (unpaired) electrons. The van der Waals surface area contributed by atoms with E-state index in [-0.39, 0.29) is 33.9 Å². The standard InChI is InChI=1S/2C2H3N3.Al.Ni.3H/c2*3-1-5-2-4;;;;;/h2*1-2H,(H-2,3,4,5);;;;;/q2*-2;;;;;. The molecule has 8 heteroatoms. The third-order valence-corrected chi connectivity index (χ3v) is 0.282. The molecule has 12 heavy (non-hydrogen) atoms. The number of hydrogen-bond donors (Lipinski definition) is 0. The van der Waals surface area contributed by atoms with Gasteiger partial charge in [0.2, 0.25) is 0 Å². The van der Waals surface area contributed by atoms with Crippen LogP contribution in [0.4, 0.5) is 0 Å². The summed E-state index contributed by atoms with van der Waals surface area (Å²) < 4.78 is 0. The van der Waals surface area contributed by atoms with Crippen LogP contribution in [0, 0.1) is 0 Å². The molecule has 0 rings (SSSR count). The van der Waals surface area contributed by atoms with E-state index < -0.39 is 0 Å². The van der Waals surface area contributed by atoms with Crippen LogP contribution in [0.1, 0.15) is 0 Å². The molecule has 0 bridgehead atoms. The number of rotatable bonds is 2. The van der Waals surface area contributed by atoms with Crippen LogP contribution >= 0.6 is 0 Å². The molecule has 0 aliphatic carbocycles. The van der Waals surface area contributed by atoms with E-state index in [0.717, 1.165) is 12.7 Å². The minimum absolute atomic E-state index is 0. The molecule has 0 fully saturated rings. The van der Waals surface area contributed by atoms with Gasteiger partial charge in [0.1, 0.15) is 0 Å². The average Bonchev–Trinajstić information content (AvgIpc) is 1.93. The van der Waals surface area contributed by atoms with E-state index in [4.69, 9.17) is 22.3 Å². The minimum Gasteiger partial charge on any atom is -0.488 e. The summed E-state index contributed by atoms with van der Waals surface area (Å²) in [5, 5.41) is 15.2. The van der Waals surface area contributed by atoms with Gasteiger partial charge in [0.05, 0.1) is 0 Å². The fourth-order valence-corrected chi connectivity index (χ4v) is 0.0667. The van der Waals surface area contributed by atoms with Gasteiger partial charge in [0, 0.05) is 16.5 Å². The second-order valence-electron chi connectivity index (χ2n) is 0.787. The summed E-state index contributed by atoms with van der Waals surface area (Å²) in [6.07, 6.45) is 2.62. The molecule has 0 atom stereocenters. The monoisotopic (exact) mass is 226 g/mol. The van der Waals surface area contributed by atoms with Crippen molar-refractivity contribution in [1.29, 1.82) is 0 Å². The van der Waals surface area contributed by atoms with Crippen LogP contribution < -0.4 is 0 Å². The van der Waals surface area contributed by atoms with E-state index in [1.165, 1.54) is 0 Å². The Morgan fingerprint density at radius 3 is 1.17 bits per heavy atom. The Hall–Kier alpha value is -0.694. The summed E-state index contributed by atoms with van der Waals surface area (Å²) in [4.78, 5) is 5.89. The third kappa shape index (κ3) is 58.7. The number of nitrogens with zero attached hydrogens (tertiary/aromatic N) is 4. The first-order chi connectivity index (χ1) is 4.83. The van der Waals surface area contributed by atoms with E-state index in [1.807, 2.05) is 0 Å². The van der Waals surface area contributed by atoms with Gasteiger partial charge < -0.3 is 32.3 Å². The molecular formula is C4H9AlN6Ni-4. The first-order valence-electron chi connectivity index (χ1n) is 2.13. The number of aliphatic imine (C=N–C) groups is 2. The maximum absolute atomic E-state index is 7.62. The summed E-state index contributed by atoms with van der Waals surface area (Å²) >= 11 is 0. The molecule has 0 aromatic carbocycles. The predicted molar refractivity (Wildman–Crippen MR) is 54.4 cm³/mol. The van der Waals surface area contributed by atoms with Gasteiger partial charge >= 0.3 is 0 Å². The minimum atomic E-state index is 0. The SMILES string of the molecule is [AlH3].[N-]=CN=C[NH-].[N-]=CN=C[NH-].[Ni]. The molecule has 72 valence electrons. The molecule has 0 saturated heterocycles. The van der Waals surface area contributed by atoms with Crippen LogP contribution in [0.2, 0.25) is 0 Å². The van der Waals surface area contributed by atoms with Crippen molar-refractivity contribution in [3.05, 3.63) is 22.3 Å². The van der Waals surface area contributed by atoms with Crippen molar-refractivity contribution in [3.8, 4) is 0 Å². The van der Waals surface area contributed by atoms with Crippen LogP contribution in [-0.4, -0.2) is 42.7 Å². The van der Waals surface area contributed by atoms with E-state index >= 15 is 0 Å². The van der Waals surface area contributed by atoms with Crippen LogP contribution in [0.25, 0.3) is 22.3 Å². The second kappa shape index (κ2) is 31.7. The zero-order chi connectivity index (χ0) is 8.24. The Bertz CT molecular complexity index is 120. The fourth-order valence-electron chi connectivity index (χ4n) is 0.0667. The molecule has 0 amide bonds. The quantitative estimate of drug-likeness (QED) is 0.362. The average molecular weight is 227 g/mol. The molecule has 0 aromatic heterocycles. The first-order valence-corrected chi connectivity index (χ1v) is 2.13. The molecule has 0 saturated carbocycles. The van der Waals surface area contributed by atoms with E-state index in [0.29, 0.717) is 12.7 Å². The molecule has 0 aliphatic rings. The van der Waals surface area contributed by atoms with Crippen molar-refractivity contribution in [2.75, 3.05) is 0 Å². The summed E-state index contributed by atoms with van der Waals surface area (Å²) in [6.45, 7) is 0. The second-order valence-corrected chi connectivity index (χ2v) is 0.787. The maximum Gasteiger partial charge on any atom is 0.187 e. The molecule has 0 aromatic rings. The largest absolute Gasteiger partial charge is 0.488 e. The molecule has 0 heterocycles. The van der Waals surface area contributed by atoms with Gasteiger partial charge in [0.25, 0.3) is 0 Å². The van der Waals surface area contributed by atoms with Gasteiger partial charge in [0.15, 0.2) is 17.4 Å². The maximum atomic E-state index is 7.62. The summed E-state index contributed by atoms with van der Waals surface area (Å²) in [7, 11) is 0. The van der Waals surface area contributed by atoms with Crippen molar-refractivity contribution in [2.24, 2.45) is 9.98 Å². The van der Waals surface area contributed by atoms with E-state index in [1.54, 1.807) is 0 Å². The zero-order valence-electron chi connectivity index (χ0n) is 5.41. The third-order valence-electron chi connectivity index (χ3n) is 0.282. The van der Waals surface area contributed by atoms with Crippen molar-refractivity contribution in [3.63, 3.8) is 0 Å². The van der Waals surface area contributed by atoms with Gasteiger partial charge in [-0.15, -0.1) is 25.4 Å². The van der Waals surface area contributed by atoms with Gasteiger partial charge in [-0.05, 0) is 0 Å². The first kappa shape index (κ1) is 22.5. The van der Waals surface area contributed by atoms with Gasteiger partial charge in [-0.2, -0.15) is 0 Å². The van der Waals surface area contributed by atoms with Gasteiger partial charge in [-0.1, -0.05) is 0 Å². The molecule has 6 nitrogen and oxygen atoms in total. The Labute approximate surface area is 91.6 Å². The van der Waals surface area contributed by atoms with E-state index in [2.05, 4.69) is 9.98 Å². The fraction of sp³-hybridized carbons (Fsp3) is 0.